The van der Waals surface area contributed by atoms with Gasteiger partial charge in [-0.15, -0.1) is 0 Å². The quantitative estimate of drug-likeness (QED) is 0.299. The minimum atomic E-state index is -0.884. The lowest BCUT2D eigenvalue weighted by atomic mass is 9.98. The molecule has 0 fully saturated rings. The summed E-state index contributed by atoms with van der Waals surface area (Å²) in [6.07, 6.45) is 2.43. The van der Waals surface area contributed by atoms with Crippen LogP contribution < -0.4 is 10.5 Å². The van der Waals surface area contributed by atoms with Gasteiger partial charge in [0, 0.05) is 16.5 Å². The van der Waals surface area contributed by atoms with Crippen LogP contribution in [0.4, 0.5) is 0 Å². The largest absolute Gasteiger partial charge is 0.489 e. The van der Waals surface area contributed by atoms with Crippen molar-refractivity contribution < 1.29 is 19.1 Å². The van der Waals surface area contributed by atoms with Crippen molar-refractivity contribution in [2.45, 2.75) is 47.1 Å². The van der Waals surface area contributed by atoms with Crippen LogP contribution in [0.25, 0.3) is 22.1 Å². The van der Waals surface area contributed by atoms with Crippen LogP contribution in [0.15, 0.2) is 77.4 Å². The Hall–Kier alpha value is -3.57. The number of benzene rings is 3. The molecule has 4 aromatic rings. The van der Waals surface area contributed by atoms with Crippen molar-refractivity contribution in [3.05, 3.63) is 89.7 Å². The lowest BCUT2D eigenvalue weighted by Gasteiger charge is -2.12. The standard InChI is InChI=1S/C25H23NO4.2C2H6/c26-10-8-17-4-3-6-19(12-17)22-14-18(13-21-9-11-29-25(21)22)16-30-23-7-2-1-5-20(23)15-24(27)28;2*1-2/h1-7,9,11-14H,8,10,15-16,26H2,(H,27,28);2*1-2H3. The van der Waals surface area contributed by atoms with Gasteiger partial charge in [-0.05, 0) is 53.9 Å². The molecule has 0 aliphatic rings. The molecular formula is C29H35NO4. The molecule has 180 valence electrons. The monoisotopic (exact) mass is 461 g/mol. The van der Waals surface area contributed by atoms with Gasteiger partial charge in [0.05, 0.1) is 12.7 Å². The molecule has 5 heteroatoms. The molecule has 3 aromatic carbocycles. The average molecular weight is 462 g/mol. The zero-order valence-corrected chi connectivity index (χ0v) is 20.5. The van der Waals surface area contributed by atoms with Crippen molar-refractivity contribution in [3.63, 3.8) is 0 Å². The van der Waals surface area contributed by atoms with E-state index in [1.807, 2.05) is 58.0 Å². The van der Waals surface area contributed by atoms with Gasteiger partial charge in [-0.1, -0.05) is 70.2 Å². The number of nitrogens with two attached hydrogens (primary N) is 1. The van der Waals surface area contributed by atoms with E-state index in [9.17, 15) is 4.79 Å². The highest BCUT2D eigenvalue weighted by Gasteiger charge is 2.12. The van der Waals surface area contributed by atoms with Crippen LogP contribution in [-0.4, -0.2) is 17.6 Å². The van der Waals surface area contributed by atoms with Gasteiger partial charge in [0.1, 0.15) is 17.9 Å². The molecular weight excluding hydrogens is 426 g/mol. The fourth-order valence-electron chi connectivity index (χ4n) is 3.62. The number of ether oxygens (including phenoxy) is 1. The van der Waals surface area contributed by atoms with Gasteiger partial charge in [0.25, 0.3) is 0 Å². The predicted molar refractivity (Wildman–Crippen MR) is 139 cm³/mol. The number of carboxylic acid groups (broad SMARTS) is 1. The van der Waals surface area contributed by atoms with E-state index in [2.05, 4.69) is 24.3 Å². The topological polar surface area (TPSA) is 85.7 Å². The van der Waals surface area contributed by atoms with Crippen molar-refractivity contribution >= 4 is 16.9 Å². The highest BCUT2D eigenvalue weighted by atomic mass is 16.5. The van der Waals surface area contributed by atoms with Crippen LogP contribution in [0.5, 0.6) is 5.75 Å². The molecule has 0 aliphatic carbocycles. The molecule has 1 aromatic heterocycles. The SMILES string of the molecule is CC.CC.NCCc1cccc(-c2cc(COc3ccccc3CC(=O)O)cc3ccoc23)c1. The molecule has 1 heterocycles. The summed E-state index contributed by atoms with van der Waals surface area (Å²) in [5, 5.41) is 10.1. The average Bonchev–Trinajstić information content (AvgIpc) is 3.34. The Balaban J connectivity index is 0.000000970. The predicted octanol–water partition coefficient (Wildman–Crippen LogP) is 6.86. The second kappa shape index (κ2) is 13.9. The number of carbonyl (C=O) groups is 1. The summed E-state index contributed by atoms with van der Waals surface area (Å²) in [6, 6.07) is 21.6. The maximum atomic E-state index is 11.1. The van der Waals surface area contributed by atoms with E-state index < -0.39 is 5.97 Å². The first-order chi connectivity index (χ1) is 16.6. The Morgan fingerprint density at radius 2 is 1.71 bits per heavy atom. The number of fused-ring (bicyclic) bond motifs is 1. The third-order valence-corrected chi connectivity index (χ3v) is 4.99. The van der Waals surface area contributed by atoms with Gasteiger partial charge in [0.15, 0.2) is 0 Å². The molecule has 4 rings (SSSR count). The second-order valence-electron chi connectivity index (χ2n) is 7.19. The zero-order chi connectivity index (χ0) is 24.9. The summed E-state index contributed by atoms with van der Waals surface area (Å²) < 4.78 is 11.7. The molecule has 0 atom stereocenters. The summed E-state index contributed by atoms with van der Waals surface area (Å²) in [4.78, 5) is 11.1. The van der Waals surface area contributed by atoms with Gasteiger partial charge in [-0.2, -0.15) is 0 Å². The molecule has 0 bridgehead atoms. The van der Waals surface area contributed by atoms with E-state index >= 15 is 0 Å². The highest BCUT2D eigenvalue weighted by molar-refractivity contribution is 5.93. The second-order valence-corrected chi connectivity index (χ2v) is 7.19. The molecule has 0 amide bonds. The normalized spacial score (nSPS) is 10.0. The van der Waals surface area contributed by atoms with E-state index in [0.717, 1.165) is 34.1 Å². The highest BCUT2D eigenvalue weighted by Crippen LogP contribution is 2.32. The molecule has 0 saturated carbocycles. The summed E-state index contributed by atoms with van der Waals surface area (Å²) in [6.45, 7) is 8.93. The molecule has 34 heavy (non-hydrogen) atoms. The van der Waals surface area contributed by atoms with Gasteiger partial charge in [-0.25, -0.2) is 0 Å². The molecule has 0 aliphatic heterocycles. The third kappa shape index (κ3) is 6.96. The fourth-order valence-corrected chi connectivity index (χ4v) is 3.62. The van der Waals surface area contributed by atoms with Gasteiger partial charge in [0.2, 0.25) is 0 Å². The minimum absolute atomic E-state index is 0.0733. The minimum Gasteiger partial charge on any atom is -0.489 e. The molecule has 0 unspecified atom stereocenters. The molecule has 0 radical (unpaired) electrons. The maximum Gasteiger partial charge on any atom is 0.307 e. The molecule has 0 saturated heterocycles. The van der Waals surface area contributed by atoms with E-state index in [1.165, 1.54) is 5.56 Å². The maximum absolute atomic E-state index is 11.1. The van der Waals surface area contributed by atoms with Crippen LogP contribution in [0.3, 0.4) is 0 Å². The van der Waals surface area contributed by atoms with E-state index in [-0.39, 0.29) is 6.42 Å². The third-order valence-electron chi connectivity index (χ3n) is 4.99. The number of furan rings is 1. The van der Waals surface area contributed by atoms with Crippen LogP contribution in [0.2, 0.25) is 0 Å². The number of hydrogen-bond acceptors (Lipinski definition) is 4. The first-order valence-electron chi connectivity index (χ1n) is 11.9. The Kier molecular flexibility index (Phi) is 10.9. The van der Waals surface area contributed by atoms with Gasteiger partial charge < -0.3 is 20.0 Å². The van der Waals surface area contributed by atoms with Gasteiger partial charge >= 0.3 is 5.97 Å². The number of para-hydroxylation sites is 1. The zero-order valence-electron chi connectivity index (χ0n) is 20.5. The Bertz CT molecular complexity index is 1180. The summed E-state index contributed by atoms with van der Waals surface area (Å²) in [5.74, 6) is -0.302. The smallest absolute Gasteiger partial charge is 0.307 e. The van der Waals surface area contributed by atoms with E-state index in [0.29, 0.717) is 24.5 Å². The van der Waals surface area contributed by atoms with Crippen LogP contribution in [0, 0.1) is 0 Å². The summed E-state index contributed by atoms with van der Waals surface area (Å²) >= 11 is 0. The summed E-state index contributed by atoms with van der Waals surface area (Å²) in [5.41, 5.74) is 11.4. The first-order valence-corrected chi connectivity index (χ1v) is 11.9. The van der Waals surface area contributed by atoms with E-state index in [1.54, 1.807) is 18.4 Å². The van der Waals surface area contributed by atoms with Crippen LogP contribution in [0.1, 0.15) is 44.4 Å². The van der Waals surface area contributed by atoms with Gasteiger partial charge in [-0.3, -0.25) is 4.79 Å². The Labute approximate surface area is 202 Å². The van der Waals surface area contributed by atoms with Crippen LogP contribution >= 0.6 is 0 Å². The number of hydrogen-bond donors (Lipinski definition) is 2. The van der Waals surface area contributed by atoms with Crippen molar-refractivity contribution in [1.82, 2.24) is 0 Å². The Morgan fingerprint density at radius 1 is 0.941 bits per heavy atom. The summed E-state index contributed by atoms with van der Waals surface area (Å²) in [7, 11) is 0. The molecule has 5 nitrogen and oxygen atoms in total. The van der Waals surface area contributed by atoms with E-state index in [4.69, 9.17) is 20.0 Å². The lowest BCUT2D eigenvalue weighted by Crippen LogP contribution is -2.04. The van der Waals surface area contributed by atoms with Crippen molar-refractivity contribution in [2.75, 3.05) is 6.54 Å². The number of aliphatic carboxylic acids is 1. The van der Waals surface area contributed by atoms with Crippen molar-refractivity contribution in [3.8, 4) is 16.9 Å². The Morgan fingerprint density at radius 3 is 2.44 bits per heavy atom. The molecule has 0 spiro atoms. The number of carboxylic acids is 1. The molecule has 3 N–H and O–H groups in total. The number of rotatable bonds is 8. The lowest BCUT2D eigenvalue weighted by molar-refractivity contribution is -0.136. The first kappa shape index (κ1) is 26.7. The fraction of sp³-hybridized carbons (Fsp3) is 0.276. The van der Waals surface area contributed by atoms with Crippen molar-refractivity contribution in [1.29, 1.82) is 0 Å². The van der Waals surface area contributed by atoms with Crippen LogP contribution in [-0.2, 0) is 24.2 Å². The van der Waals surface area contributed by atoms with Crippen molar-refractivity contribution in [2.24, 2.45) is 5.73 Å².